The summed E-state index contributed by atoms with van der Waals surface area (Å²) in [4.78, 5) is 2.45. The second-order valence-electron chi connectivity index (χ2n) is 14.1. The van der Waals surface area contributed by atoms with Crippen molar-refractivity contribution in [1.82, 2.24) is 0 Å². The molecular weight excluding hydrogens is 703 g/mol. The van der Waals surface area contributed by atoms with Crippen molar-refractivity contribution in [3.8, 4) is 33.4 Å². The highest BCUT2D eigenvalue weighted by molar-refractivity contribution is 7.26. The fraction of sp³-hybridized carbons (Fsp3) is 0. The van der Waals surface area contributed by atoms with Gasteiger partial charge in [-0.2, -0.15) is 0 Å². The molecule has 2 aromatic heterocycles. The fourth-order valence-corrected chi connectivity index (χ4v) is 10.6. The normalized spacial score (nSPS) is 11.6. The summed E-state index contributed by atoms with van der Waals surface area (Å²) in [6, 6.07) is 73.5. The van der Waals surface area contributed by atoms with Crippen molar-refractivity contribution in [1.29, 1.82) is 0 Å². The molecule has 55 heavy (non-hydrogen) atoms. The van der Waals surface area contributed by atoms with Gasteiger partial charge in [-0.3, -0.25) is 0 Å². The first-order valence-electron chi connectivity index (χ1n) is 18.7. The zero-order chi connectivity index (χ0) is 36.3. The Balaban J connectivity index is 1.12. The lowest BCUT2D eigenvalue weighted by molar-refractivity contribution is 1.28. The van der Waals surface area contributed by atoms with Crippen molar-refractivity contribution < 1.29 is 0 Å². The van der Waals surface area contributed by atoms with E-state index in [0.29, 0.717) is 0 Å². The largest absolute Gasteiger partial charge is 0.310 e. The first-order valence-corrected chi connectivity index (χ1v) is 20.3. The lowest BCUT2D eigenvalue weighted by Gasteiger charge is -2.29. The number of anilines is 3. The quantitative estimate of drug-likeness (QED) is 0.164. The molecule has 2 heterocycles. The summed E-state index contributed by atoms with van der Waals surface area (Å²) < 4.78 is 5.26. The first kappa shape index (κ1) is 32.0. The van der Waals surface area contributed by atoms with Gasteiger partial charge in [0, 0.05) is 57.3 Å². The van der Waals surface area contributed by atoms with Gasteiger partial charge in [-0.25, -0.2) is 0 Å². The minimum atomic E-state index is 1.11. The van der Waals surface area contributed by atoms with E-state index in [1.165, 1.54) is 84.5 Å². The summed E-state index contributed by atoms with van der Waals surface area (Å²) in [5, 5.41) is 7.75. The SMILES string of the molecule is c1cc(-c2ccc3c(c2)sc2ccccc23)cc(N(c2cccc(-c3cccc4sc5ccccc5c34)c2)c2ccccc2-c2cccc3ccccc23)c1. The van der Waals surface area contributed by atoms with Crippen LogP contribution in [0.1, 0.15) is 0 Å². The third-order valence-electron chi connectivity index (χ3n) is 10.9. The molecular formula is C52H33NS2. The molecule has 0 saturated heterocycles. The van der Waals surface area contributed by atoms with Gasteiger partial charge < -0.3 is 4.90 Å². The third kappa shape index (κ3) is 5.43. The average molecular weight is 736 g/mol. The van der Waals surface area contributed by atoms with E-state index in [-0.39, 0.29) is 0 Å². The molecule has 0 bridgehead atoms. The molecule has 258 valence electrons. The predicted octanol–water partition coefficient (Wildman–Crippen LogP) is 16.0. The maximum atomic E-state index is 2.45. The Morgan fingerprint density at radius 2 is 0.855 bits per heavy atom. The zero-order valence-corrected chi connectivity index (χ0v) is 31.4. The van der Waals surface area contributed by atoms with E-state index in [0.717, 1.165) is 17.1 Å². The molecule has 0 radical (unpaired) electrons. The molecule has 11 aromatic rings. The summed E-state index contributed by atoms with van der Waals surface area (Å²) in [6.45, 7) is 0. The lowest BCUT2D eigenvalue weighted by atomic mass is 9.95. The van der Waals surface area contributed by atoms with E-state index in [1.54, 1.807) is 0 Å². The van der Waals surface area contributed by atoms with Crippen molar-refractivity contribution >= 4 is 90.9 Å². The number of nitrogens with zero attached hydrogens (tertiary/aromatic N) is 1. The van der Waals surface area contributed by atoms with Gasteiger partial charge >= 0.3 is 0 Å². The topological polar surface area (TPSA) is 3.24 Å². The van der Waals surface area contributed by atoms with Crippen molar-refractivity contribution in [2.45, 2.75) is 0 Å². The molecule has 3 heteroatoms. The van der Waals surface area contributed by atoms with Gasteiger partial charge in [0.1, 0.15) is 0 Å². The van der Waals surface area contributed by atoms with Crippen molar-refractivity contribution in [3.63, 3.8) is 0 Å². The molecule has 0 spiro atoms. The number of para-hydroxylation sites is 1. The second kappa shape index (κ2) is 13.1. The maximum Gasteiger partial charge on any atom is 0.0540 e. The number of hydrogen-bond donors (Lipinski definition) is 0. The van der Waals surface area contributed by atoms with Gasteiger partial charge in [0.2, 0.25) is 0 Å². The van der Waals surface area contributed by atoms with Crippen LogP contribution in [0.5, 0.6) is 0 Å². The summed E-state index contributed by atoms with van der Waals surface area (Å²) in [6.07, 6.45) is 0. The third-order valence-corrected chi connectivity index (χ3v) is 13.1. The van der Waals surface area contributed by atoms with Crippen LogP contribution in [0.2, 0.25) is 0 Å². The highest BCUT2D eigenvalue weighted by atomic mass is 32.1. The van der Waals surface area contributed by atoms with Crippen LogP contribution in [0.15, 0.2) is 200 Å². The van der Waals surface area contributed by atoms with E-state index in [1.807, 2.05) is 22.7 Å². The highest BCUT2D eigenvalue weighted by Gasteiger charge is 2.20. The molecule has 0 N–H and O–H groups in total. The van der Waals surface area contributed by atoms with Crippen molar-refractivity contribution in [2.75, 3.05) is 4.90 Å². The molecule has 0 atom stereocenters. The van der Waals surface area contributed by atoms with Gasteiger partial charge in [-0.1, -0.05) is 146 Å². The molecule has 0 aliphatic heterocycles. The molecule has 1 nitrogen and oxygen atoms in total. The monoisotopic (exact) mass is 735 g/mol. The Bertz CT molecular complexity index is 3230. The van der Waals surface area contributed by atoms with Crippen LogP contribution in [0.4, 0.5) is 17.1 Å². The average Bonchev–Trinajstić information content (AvgIpc) is 3.82. The molecule has 0 unspecified atom stereocenters. The molecule has 0 aliphatic rings. The van der Waals surface area contributed by atoms with E-state index in [9.17, 15) is 0 Å². The van der Waals surface area contributed by atoms with Gasteiger partial charge in [0.05, 0.1) is 5.69 Å². The molecule has 9 aromatic carbocycles. The number of thiophene rings is 2. The first-order chi connectivity index (χ1) is 27.3. The summed E-state index contributed by atoms with van der Waals surface area (Å²) in [7, 11) is 0. The van der Waals surface area contributed by atoms with Gasteiger partial charge in [-0.15, -0.1) is 22.7 Å². The zero-order valence-electron chi connectivity index (χ0n) is 29.8. The number of fused-ring (bicyclic) bond motifs is 7. The Hall–Kier alpha value is -6.52. The minimum Gasteiger partial charge on any atom is -0.310 e. The fourth-order valence-electron chi connectivity index (χ4n) is 8.34. The summed E-state index contributed by atoms with van der Waals surface area (Å²) >= 11 is 3.73. The Labute approximate surface area is 327 Å². The van der Waals surface area contributed by atoms with Crippen LogP contribution in [0.25, 0.3) is 84.5 Å². The van der Waals surface area contributed by atoms with Crippen LogP contribution in [-0.2, 0) is 0 Å². The Morgan fingerprint density at radius 3 is 1.73 bits per heavy atom. The number of hydrogen-bond acceptors (Lipinski definition) is 3. The molecule has 11 rings (SSSR count). The van der Waals surface area contributed by atoms with Gasteiger partial charge in [-0.05, 0) is 93.2 Å². The van der Waals surface area contributed by atoms with Crippen molar-refractivity contribution in [3.05, 3.63) is 200 Å². The molecule has 0 saturated carbocycles. The van der Waals surface area contributed by atoms with E-state index in [2.05, 4.69) is 205 Å². The molecule has 0 amide bonds. The minimum absolute atomic E-state index is 1.11. The Kier molecular flexibility index (Phi) is 7.61. The lowest BCUT2D eigenvalue weighted by Crippen LogP contribution is -2.11. The van der Waals surface area contributed by atoms with Crippen molar-refractivity contribution in [2.24, 2.45) is 0 Å². The highest BCUT2D eigenvalue weighted by Crippen LogP contribution is 2.46. The Morgan fingerprint density at radius 1 is 0.309 bits per heavy atom. The van der Waals surface area contributed by atoms with Crippen LogP contribution in [0.3, 0.4) is 0 Å². The predicted molar refractivity (Wildman–Crippen MR) is 241 cm³/mol. The molecule has 0 fully saturated rings. The standard InChI is InChI=1S/C52H33NS2/c1-2-19-40-34(13-1)14-11-24-42(40)43-20-3-6-25-47(43)53(38-17-9-15-35(31-38)36-29-30-45-44-21-4-7-26-48(44)55-51(45)33-36)39-18-10-16-37(32-39)41-23-12-28-50-52(41)46-22-5-8-27-49(46)54-50/h1-33H. The summed E-state index contributed by atoms with van der Waals surface area (Å²) in [5.41, 5.74) is 10.6. The van der Waals surface area contributed by atoms with Crippen LogP contribution in [-0.4, -0.2) is 0 Å². The smallest absolute Gasteiger partial charge is 0.0540 e. The number of benzene rings is 9. The van der Waals surface area contributed by atoms with E-state index >= 15 is 0 Å². The molecule has 0 aliphatic carbocycles. The van der Waals surface area contributed by atoms with Gasteiger partial charge in [0.15, 0.2) is 0 Å². The van der Waals surface area contributed by atoms with Gasteiger partial charge in [0.25, 0.3) is 0 Å². The number of rotatable bonds is 6. The maximum absolute atomic E-state index is 2.45. The van der Waals surface area contributed by atoms with Crippen LogP contribution < -0.4 is 4.90 Å². The van der Waals surface area contributed by atoms with Crippen LogP contribution in [0, 0.1) is 0 Å². The van der Waals surface area contributed by atoms with E-state index in [4.69, 9.17) is 0 Å². The summed E-state index contributed by atoms with van der Waals surface area (Å²) in [5.74, 6) is 0. The van der Waals surface area contributed by atoms with E-state index < -0.39 is 0 Å². The van der Waals surface area contributed by atoms with Crippen LogP contribution >= 0.6 is 22.7 Å². The second-order valence-corrected chi connectivity index (χ2v) is 16.2.